The third-order valence-electron chi connectivity index (χ3n) is 1.99. The van der Waals surface area contributed by atoms with Crippen LogP contribution >= 0.6 is 0 Å². The first kappa shape index (κ1) is 35.0. The molecule has 0 saturated heterocycles. The molecule has 0 aromatic carbocycles. The fourth-order valence-electron chi connectivity index (χ4n) is 1.40. The van der Waals surface area contributed by atoms with E-state index >= 15 is 0 Å². The van der Waals surface area contributed by atoms with Crippen LogP contribution in [0, 0.1) is 0 Å². The molecule has 6 nitrogen and oxygen atoms in total. The van der Waals surface area contributed by atoms with Crippen molar-refractivity contribution >= 4 is 34.7 Å². The van der Waals surface area contributed by atoms with Gasteiger partial charge in [-0.15, -0.1) is 36.6 Å². The van der Waals surface area contributed by atoms with Gasteiger partial charge in [0.25, 0.3) is 0 Å². The van der Waals surface area contributed by atoms with Gasteiger partial charge in [-0.3, -0.25) is 0 Å². The predicted octanol–water partition coefficient (Wildman–Crippen LogP) is -4.14. The quantitative estimate of drug-likeness (QED) is 0.441. The molecular formula is C15H30Al2O6. The molecule has 8 heteroatoms. The molecule has 0 N–H and O–H groups in total. The van der Waals surface area contributed by atoms with Gasteiger partial charge in [-0.05, 0) is 0 Å². The van der Waals surface area contributed by atoms with Gasteiger partial charge in [0.15, 0.2) is 0 Å². The van der Waals surface area contributed by atoms with E-state index in [-0.39, 0.29) is 54.0 Å². The van der Waals surface area contributed by atoms with Crippen molar-refractivity contribution in [1.29, 1.82) is 0 Å². The summed E-state index contributed by atoms with van der Waals surface area (Å²) < 4.78 is 0. The van der Waals surface area contributed by atoms with Crippen LogP contribution in [0.25, 0.3) is 0 Å². The molecule has 0 aliphatic heterocycles. The van der Waals surface area contributed by atoms with Gasteiger partial charge < -0.3 is 30.6 Å². The number of hydrogen-bond donors (Lipinski definition) is 0. The van der Waals surface area contributed by atoms with E-state index in [1.807, 2.05) is 0 Å². The summed E-state index contributed by atoms with van der Waals surface area (Å²) in [5.74, 6) is 0. The van der Waals surface area contributed by atoms with Crippen LogP contribution in [0.2, 0.25) is 0 Å². The minimum Gasteiger partial charge on any atom is -0.852 e. The van der Waals surface area contributed by atoms with Crippen molar-refractivity contribution in [3.05, 3.63) is 0 Å². The molecule has 23 heavy (non-hydrogen) atoms. The molecule has 0 aromatic heterocycles. The van der Waals surface area contributed by atoms with Gasteiger partial charge >= 0.3 is 34.7 Å². The van der Waals surface area contributed by atoms with Crippen molar-refractivity contribution in [2.24, 2.45) is 0 Å². The molecule has 0 rings (SSSR count). The minimum absolute atomic E-state index is 0. The van der Waals surface area contributed by atoms with Gasteiger partial charge in [-0.25, -0.2) is 0 Å². The Morgan fingerprint density at radius 1 is 0.391 bits per heavy atom. The predicted molar refractivity (Wildman–Crippen MR) is 82.1 cm³/mol. The van der Waals surface area contributed by atoms with Gasteiger partial charge in [0.2, 0.25) is 0 Å². The van der Waals surface area contributed by atoms with E-state index in [2.05, 4.69) is 0 Å². The SMILES string of the molecule is CC([O-])CC(C)[O-].CC([O-])CC(C)[O-].CC([O-])CC(C)[O-].[Al+3].[Al+3]. The molecule has 0 radical (unpaired) electrons. The average Bonchev–Trinajstić information content (AvgIpc) is 2.10. The maximum atomic E-state index is 10.1. The smallest absolute Gasteiger partial charge is 0.852 e. The van der Waals surface area contributed by atoms with E-state index < -0.39 is 36.6 Å². The second-order valence-electron chi connectivity index (χ2n) is 5.57. The molecular weight excluding hydrogens is 330 g/mol. The molecule has 0 saturated carbocycles. The maximum Gasteiger partial charge on any atom is 3.00 e. The largest absolute Gasteiger partial charge is 3.00 e. The molecule has 132 valence electrons. The molecule has 0 heterocycles. The van der Waals surface area contributed by atoms with Gasteiger partial charge in [-0.1, -0.05) is 60.8 Å². The average molecular weight is 360 g/mol. The van der Waals surface area contributed by atoms with Crippen LogP contribution in [0.15, 0.2) is 0 Å². The summed E-state index contributed by atoms with van der Waals surface area (Å²) in [5.41, 5.74) is 0. The van der Waals surface area contributed by atoms with E-state index in [1.165, 1.54) is 41.5 Å². The van der Waals surface area contributed by atoms with E-state index in [0.717, 1.165) is 0 Å². The summed E-state index contributed by atoms with van der Waals surface area (Å²) in [4.78, 5) is 0. The fraction of sp³-hybridized carbons (Fsp3) is 1.00. The Hall–Kier alpha value is 0.825. The van der Waals surface area contributed by atoms with E-state index in [0.29, 0.717) is 0 Å². The van der Waals surface area contributed by atoms with E-state index in [4.69, 9.17) is 0 Å². The number of hydrogen-bond acceptors (Lipinski definition) is 6. The zero-order valence-corrected chi connectivity index (χ0v) is 17.5. The topological polar surface area (TPSA) is 138 Å². The van der Waals surface area contributed by atoms with Gasteiger partial charge in [0.1, 0.15) is 0 Å². The van der Waals surface area contributed by atoms with Crippen LogP contribution in [0.4, 0.5) is 0 Å². The van der Waals surface area contributed by atoms with Crippen LogP contribution in [0.5, 0.6) is 0 Å². The van der Waals surface area contributed by atoms with Crippen LogP contribution in [-0.4, -0.2) is 71.3 Å². The number of rotatable bonds is 6. The Labute approximate surface area is 162 Å². The molecule has 0 spiro atoms. The minimum atomic E-state index is -0.688. The van der Waals surface area contributed by atoms with Crippen LogP contribution in [0.3, 0.4) is 0 Å². The maximum absolute atomic E-state index is 10.1. The first-order valence-corrected chi connectivity index (χ1v) is 7.33. The fourth-order valence-corrected chi connectivity index (χ4v) is 1.40. The summed E-state index contributed by atoms with van der Waals surface area (Å²) >= 11 is 0. The van der Waals surface area contributed by atoms with Crippen LogP contribution in [-0.2, 0) is 0 Å². The first-order chi connectivity index (χ1) is 9.38. The Morgan fingerprint density at radius 3 is 0.478 bits per heavy atom. The Balaban J connectivity index is -0.0000000675. The molecule has 6 atom stereocenters. The normalized spacial score (nSPS) is 17.2. The van der Waals surface area contributed by atoms with Crippen molar-refractivity contribution in [2.75, 3.05) is 0 Å². The van der Waals surface area contributed by atoms with Crippen LogP contribution in [0.1, 0.15) is 60.8 Å². The molecule has 0 amide bonds. The summed E-state index contributed by atoms with van der Waals surface area (Å²) in [7, 11) is 0. The third-order valence-corrected chi connectivity index (χ3v) is 1.99. The summed E-state index contributed by atoms with van der Waals surface area (Å²) in [6, 6.07) is 0. The van der Waals surface area contributed by atoms with Crippen molar-refractivity contribution < 1.29 is 30.6 Å². The second kappa shape index (κ2) is 22.8. The monoisotopic (exact) mass is 360 g/mol. The molecule has 0 fully saturated rings. The zero-order valence-electron chi connectivity index (χ0n) is 15.2. The zero-order chi connectivity index (χ0) is 17.6. The standard InChI is InChI=1S/3C5H10O2.2Al/c3*1-4(6)3-5(2)7;;/h3*4-5H,3H2,1-2H3;;/q3*-2;2*+3. The summed E-state index contributed by atoms with van der Waals surface area (Å²) in [6.45, 7) is 9.05. The van der Waals surface area contributed by atoms with Crippen LogP contribution < -0.4 is 30.6 Å². The second-order valence-corrected chi connectivity index (χ2v) is 5.57. The van der Waals surface area contributed by atoms with Crippen molar-refractivity contribution in [1.82, 2.24) is 0 Å². The van der Waals surface area contributed by atoms with Crippen molar-refractivity contribution in [2.45, 2.75) is 97.4 Å². The summed E-state index contributed by atoms with van der Waals surface area (Å²) in [6.07, 6.45) is -3.38. The molecule has 0 aromatic rings. The molecule has 0 aliphatic carbocycles. The third kappa shape index (κ3) is 60.2. The molecule has 0 aliphatic rings. The molecule has 0 bridgehead atoms. The van der Waals surface area contributed by atoms with Gasteiger partial charge in [0, 0.05) is 0 Å². The first-order valence-electron chi connectivity index (χ1n) is 7.33. The Morgan fingerprint density at radius 2 is 0.478 bits per heavy atom. The summed E-state index contributed by atoms with van der Waals surface area (Å²) in [5, 5.41) is 60.8. The van der Waals surface area contributed by atoms with Crippen molar-refractivity contribution in [3.63, 3.8) is 0 Å². The molecule has 6 unspecified atom stereocenters. The Bertz CT molecular complexity index is 149. The van der Waals surface area contributed by atoms with Gasteiger partial charge in [0.05, 0.1) is 0 Å². The van der Waals surface area contributed by atoms with Gasteiger partial charge in [-0.2, -0.15) is 0 Å². The van der Waals surface area contributed by atoms with Crippen molar-refractivity contribution in [3.8, 4) is 0 Å². The van der Waals surface area contributed by atoms with E-state index in [1.54, 1.807) is 0 Å². The van der Waals surface area contributed by atoms with E-state index in [9.17, 15) is 30.6 Å². The Kier molecular flexibility index (Phi) is 34.8.